The molecule has 7 heteroatoms. The number of halogens is 2. The minimum atomic E-state index is -1.19. The molecule has 0 amide bonds. The van der Waals surface area contributed by atoms with Crippen LogP contribution in [0.3, 0.4) is 0 Å². The highest BCUT2D eigenvalue weighted by Gasteiger charge is 2.42. The van der Waals surface area contributed by atoms with Crippen LogP contribution in [0.5, 0.6) is 11.5 Å². The number of carboxylic acids is 1. The van der Waals surface area contributed by atoms with Crippen LogP contribution in [-0.4, -0.2) is 24.8 Å². The van der Waals surface area contributed by atoms with Gasteiger partial charge in [-0.05, 0) is 48.7 Å². The third-order valence-electron chi connectivity index (χ3n) is 6.56. The summed E-state index contributed by atoms with van der Waals surface area (Å²) in [6.45, 7) is 5.44. The van der Waals surface area contributed by atoms with E-state index >= 15 is 0 Å². The molecule has 36 heavy (non-hydrogen) atoms. The van der Waals surface area contributed by atoms with Crippen molar-refractivity contribution in [2.45, 2.75) is 31.5 Å². The largest absolute Gasteiger partial charge is 0.497 e. The van der Waals surface area contributed by atoms with Crippen LogP contribution < -0.4 is 9.47 Å². The van der Waals surface area contributed by atoms with E-state index in [1.54, 1.807) is 19.2 Å². The fourth-order valence-corrected chi connectivity index (χ4v) is 5.10. The number of para-hydroxylation sites is 1. The molecule has 1 aliphatic rings. The Morgan fingerprint density at radius 3 is 2.42 bits per heavy atom. The molecular weight excluding hydrogens is 483 g/mol. The number of methoxy groups -OCH3 is 1. The number of carbonyl (C=O) groups is 1. The summed E-state index contributed by atoms with van der Waals surface area (Å²) >= 11 is 6.63. The molecule has 1 fully saturated rings. The van der Waals surface area contributed by atoms with Gasteiger partial charge in [0.1, 0.15) is 5.75 Å². The summed E-state index contributed by atoms with van der Waals surface area (Å²) in [5, 5.41) is 9.75. The zero-order valence-corrected chi connectivity index (χ0v) is 20.9. The fourth-order valence-electron chi connectivity index (χ4n) is 4.82. The van der Waals surface area contributed by atoms with Crippen molar-refractivity contribution in [3.63, 3.8) is 0 Å². The summed E-state index contributed by atoms with van der Waals surface area (Å²) in [5.41, 5.74) is 3.17. The van der Waals surface area contributed by atoms with Gasteiger partial charge in [0.15, 0.2) is 18.2 Å². The Morgan fingerprint density at radius 2 is 1.78 bits per heavy atom. The molecule has 0 aliphatic carbocycles. The SMILES string of the molecule is C=C(C)[C@H]1C[C@H](c2ccccc2Cl)[C@H](c2ccc(OC)cc2)O[C@@H]1c1cccc(F)c1OCC(=O)O. The summed E-state index contributed by atoms with van der Waals surface area (Å²) in [4.78, 5) is 11.1. The standard InChI is InChI=1S/C29H28ClFO5/c1-17(2)22-15-23(20-7-4-5-9-24(20)30)27(18-11-13-19(34-3)14-12-18)36-28(22)21-8-6-10-25(31)29(21)35-16-26(32)33/h4-14,22-23,27-28H,1,15-16H2,2-3H3,(H,32,33)/t22-,23-,27+,28-/m1/s1. The molecule has 4 rings (SSSR count). The number of benzene rings is 3. The molecule has 1 heterocycles. The number of hydrogen-bond donors (Lipinski definition) is 1. The van der Waals surface area contributed by atoms with E-state index in [1.165, 1.54) is 6.07 Å². The Balaban J connectivity index is 1.82. The summed E-state index contributed by atoms with van der Waals surface area (Å²) in [5.74, 6) is -1.56. The van der Waals surface area contributed by atoms with Crippen LogP contribution in [0, 0.1) is 11.7 Å². The second kappa shape index (κ2) is 11.1. The van der Waals surface area contributed by atoms with E-state index < -0.39 is 30.6 Å². The molecule has 5 nitrogen and oxygen atoms in total. The van der Waals surface area contributed by atoms with Gasteiger partial charge in [-0.15, -0.1) is 0 Å². The Kier molecular flexibility index (Phi) is 7.97. The first-order valence-electron chi connectivity index (χ1n) is 11.6. The van der Waals surface area contributed by atoms with E-state index in [2.05, 4.69) is 6.58 Å². The number of aliphatic carboxylic acids is 1. The van der Waals surface area contributed by atoms with Gasteiger partial charge in [-0.3, -0.25) is 0 Å². The highest BCUT2D eigenvalue weighted by Crippen LogP contribution is 2.54. The molecule has 1 aliphatic heterocycles. The van der Waals surface area contributed by atoms with Crippen LogP contribution in [0.2, 0.25) is 5.02 Å². The Hall–Kier alpha value is -3.35. The smallest absolute Gasteiger partial charge is 0.341 e. The van der Waals surface area contributed by atoms with E-state index in [4.69, 9.17) is 30.9 Å². The maximum atomic E-state index is 14.9. The number of hydrogen-bond acceptors (Lipinski definition) is 4. The van der Waals surface area contributed by atoms with Gasteiger partial charge in [-0.25, -0.2) is 9.18 Å². The maximum Gasteiger partial charge on any atom is 0.341 e. The first-order chi connectivity index (χ1) is 17.3. The Bertz CT molecular complexity index is 1240. The molecule has 0 spiro atoms. The Morgan fingerprint density at radius 1 is 1.08 bits per heavy atom. The minimum Gasteiger partial charge on any atom is -0.497 e. The lowest BCUT2D eigenvalue weighted by Crippen LogP contribution is -2.32. The maximum absolute atomic E-state index is 14.9. The zero-order chi connectivity index (χ0) is 25.8. The van der Waals surface area contributed by atoms with Crippen molar-refractivity contribution in [2.75, 3.05) is 13.7 Å². The molecule has 1 saturated heterocycles. The first kappa shape index (κ1) is 25.7. The second-order valence-corrected chi connectivity index (χ2v) is 9.31. The average molecular weight is 511 g/mol. The summed E-state index contributed by atoms with van der Waals surface area (Å²) < 4.78 is 32.3. The minimum absolute atomic E-state index is 0.109. The predicted molar refractivity (Wildman–Crippen MR) is 136 cm³/mol. The van der Waals surface area contributed by atoms with E-state index in [1.807, 2.05) is 55.5 Å². The normalized spacial score (nSPS) is 21.6. The predicted octanol–water partition coefficient (Wildman–Crippen LogP) is 7.13. The lowest BCUT2D eigenvalue weighted by Gasteiger charge is -2.43. The van der Waals surface area contributed by atoms with E-state index in [0.717, 1.165) is 22.4 Å². The fraction of sp³-hybridized carbons (Fsp3) is 0.276. The number of rotatable bonds is 8. The van der Waals surface area contributed by atoms with Gasteiger partial charge in [0.25, 0.3) is 0 Å². The molecule has 0 radical (unpaired) electrons. The Labute approximate surface area is 215 Å². The van der Waals surface area contributed by atoms with E-state index in [0.29, 0.717) is 17.0 Å². The van der Waals surface area contributed by atoms with Crippen molar-refractivity contribution < 1.29 is 28.5 Å². The molecule has 3 aromatic carbocycles. The van der Waals surface area contributed by atoms with Crippen LogP contribution in [0.1, 0.15) is 48.2 Å². The quantitative estimate of drug-likeness (QED) is 0.326. The second-order valence-electron chi connectivity index (χ2n) is 8.91. The van der Waals surface area contributed by atoms with E-state index in [9.17, 15) is 9.18 Å². The lowest BCUT2D eigenvalue weighted by atomic mass is 9.74. The molecule has 3 aromatic rings. The molecule has 1 N–H and O–H groups in total. The van der Waals surface area contributed by atoms with Crippen molar-refractivity contribution in [1.82, 2.24) is 0 Å². The summed E-state index contributed by atoms with van der Waals surface area (Å²) in [6.07, 6.45) is -0.408. The lowest BCUT2D eigenvalue weighted by molar-refractivity contribution is -0.139. The van der Waals surface area contributed by atoms with Gasteiger partial charge in [0.2, 0.25) is 0 Å². The molecule has 4 atom stereocenters. The molecule has 0 saturated carbocycles. The van der Waals surface area contributed by atoms with Gasteiger partial charge in [-0.2, -0.15) is 0 Å². The van der Waals surface area contributed by atoms with Crippen molar-refractivity contribution in [1.29, 1.82) is 0 Å². The van der Waals surface area contributed by atoms with Crippen LogP contribution >= 0.6 is 11.6 Å². The first-order valence-corrected chi connectivity index (χ1v) is 12.0. The van der Waals surface area contributed by atoms with Crippen molar-refractivity contribution in [3.8, 4) is 11.5 Å². The monoisotopic (exact) mass is 510 g/mol. The summed E-state index contributed by atoms with van der Waals surface area (Å²) in [6, 6.07) is 19.8. The van der Waals surface area contributed by atoms with Crippen molar-refractivity contribution >= 4 is 17.6 Å². The topological polar surface area (TPSA) is 65.0 Å². The molecule has 0 aromatic heterocycles. The third kappa shape index (κ3) is 5.40. The van der Waals surface area contributed by atoms with Crippen LogP contribution in [0.4, 0.5) is 4.39 Å². The number of carboxylic acid groups (broad SMARTS) is 1. The highest BCUT2D eigenvalue weighted by molar-refractivity contribution is 6.31. The van der Waals surface area contributed by atoms with Gasteiger partial charge in [-0.1, -0.05) is 66.2 Å². The molecule has 0 bridgehead atoms. The molecule has 0 unspecified atom stereocenters. The van der Waals surface area contributed by atoms with Crippen LogP contribution in [0.25, 0.3) is 0 Å². The third-order valence-corrected chi connectivity index (χ3v) is 6.90. The van der Waals surface area contributed by atoms with Gasteiger partial charge in [0, 0.05) is 22.4 Å². The summed E-state index contributed by atoms with van der Waals surface area (Å²) in [7, 11) is 1.61. The zero-order valence-electron chi connectivity index (χ0n) is 20.1. The van der Waals surface area contributed by atoms with Crippen molar-refractivity contribution in [3.05, 3.63) is 106 Å². The average Bonchev–Trinajstić information content (AvgIpc) is 2.87. The van der Waals surface area contributed by atoms with Gasteiger partial charge in [0.05, 0.1) is 19.3 Å². The molecular formula is C29H28ClFO5. The van der Waals surface area contributed by atoms with Crippen LogP contribution in [0.15, 0.2) is 78.9 Å². The van der Waals surface area contributed by atoms with Crippen LogP contribution in [-0.2, 0) is 9.53 Å². The van der Waals surface area contributed by atoms with Gasteiger partial charge >= 0.3 is 5.97 Å². The van der Waals surface area contributed by atoms with E-state index in [-0.39, 0.29) is 17.6 Å². The number of ether oxygens (including phenoxy) is 3. The molecule has 188 valence electrons. The highest BCUT2D eigenvalue weighted by atomic mass is 35.5. The van der Waals surface area contributed by atoms with Crippen molar-refractivity contribution in [2.24, 2.45) is 5.92 Å². The van der Waals surface area contributed by atoms with Gasteiger partial charge < -0.3 is 19.3 Å².